The number of cyclic esters (lactones) is 4. The molecule has 2 atom stereocenters. The highest BCUT2D eigenvalue weighted by atomic mass is 19.3. The van der Waals surface area contributed by atoms with E-state index in [1.165, 1.54) is 14.2 Å². The van der Waals surface area contributed by atoms with Gasteiger partial charge in [-0.3, -0.25) is 0 Å². The minimum Gasteiger partial charge on any atom is -0.428 e. The molecule has 2 rings (SSSR count). The minimum absolute atomic E-state index is 0.204. The number of ether oxygens (including phenoxy) is 6. The number of carbonyl (C=O) groups is 2. The molecule has 2 aliphatic rings. The summed E-state index contributed by atoms with van der Waals surface area (Å²) in [7, 11) is 2.90. The van der Waals surface area contributed by atoms with Crippen molar-refractivity contribution in [2.75, 3.05) is 41.3 Å². The van der Waals surface area contributed by atoms with Gasteiger partial charge in [-0.25, -0.2) is 27.2 Å². The number of rotatable bonds is 2. The highest BCUT2D eigenvalue weighted by molar-refractivity contribution is 5.61. The molecule has 30 heavy (non-hydrogen) atoms. The molecule has 180 valence electrons. The second-order valence-corrected chi connectivity index (χ2v) is 3.57. The monoisotopic (exact) mass is 468 g/mol. The van der Waals surface area contributed by atoms with Crippen LogP contribution in [0.4, 0.5) is 44.7 Å². The van der Waals surface area contributed by atoms with Crippen molar-refractivity contribution in [3.63, 3.8) is 0 Å². The lowest BCUT2D eigenvalue weighted by atomic mass is 10.7. The second-order valence-electron chi connectivity index (χ2n) is 3.57. The molecule has 0 radical (unpaired) electrons. The molecule has 0 aromatic rings. The first-order valence-corrected chi connectivity index (χ1v) is 6.91. The SMILES string of the molecule is C=C(F)F.C=C(F)F.COC1COC(=O)O1.COC1COC(=O)O1.FCF.FCF. The molecule has 0 N–H and O–H groups in total. The van der Waals surface area contributed by atoms with Gasteiger partial charge in [0.25, 0.3) is 12.2 Å². The van der Waals surface area contributed by atoms with Crippen LogP contribution in [-0.2, 0) is 28.4 Å². The Morgan fingerprint density at radius 1 is 0.800 bits per heavy atom. The van der Waals surface area contributed by atoms with E-state index in [9.17, 15) is 44.7 Å². The van der Waals surface area contributed by atoms with Crippen molar-refractivity contribution >= 4 is 12.3 Å². The highest BCUT2D eigenvalue weighted by Crippen LogP contribution is 2.05. The number of alkyl halides is 4. The third kappa shape index (κ3) is 40.2. The molecule has 8 nitrogen and oxygen atoms in total. The van der Waals surface area contributed by atoms with Crippen molar-refractivity contribution in [2.24, 2.45) is 0 Å². The van der Waals surface area contributed by atoms with E-state index in [4.69, 9.17) is 0 Å². The van der Waals surface area contributed by atoms with E-state index in [1.807, 2.05) is 0 Å². The third-order valence-corrected chi connectivity index (χ3v) is 1.66. The number of carbonyl (C=O) groups excluding carboxylic acids is 2. The van der Waals surface area contributed by atoms with Gasteiger partial charge >= 0.3 is 12.3 Å². The molecule has 2 aliphatic heterocycles. The zero-order valence-electron chi connectivity index (χ0n) is 15.7. The number of hydrogen-bond donors (Lipinski definition) is 0. The molecule has 0 aromatic carbocycles. The molecule has 2 heterocycles. The van der Waals surface area contributed by atoms with Crippen LogP contribution in [0.25, 0.3) is 0 Å². The van der Waals surface area contributed by atoms with Crippen molar-refractivity contribution in [2.45, 2.75) is 12.6 Å². The van der Waals surface area contributed by atoms with Crippen LogP contribution in [0.3, 0.4) is 0 Å². The summed E-state index contributed by atoms with van der Waals surface area (Å²) in [6.45, 7) is 1.35. The Hall–Kier alpha value is -2.62. The van der Waals surface area contributed by atoms with Crippen molar-refractivity contribution < 1.29 is 73.1 Å². The zero-order chi connectivity index (χ0) is 24.5. The van der Waals surface area contributed by atoms with Crippen LogP contribution < -0.4 is 0 Å². The Labute approximate surface area is 165 Å². The first-order valence-electron chi connectivity index (χ1n) is 6.91. The highest BCUT2D eigenvalue weighted by Gasteiger charge is 2.24. The Morgan fingerprint density at radius 2 is 1.00 bits per heavy atom. The summed E-state index contributed by atoms with van der Waals surface area (Å²) in [5, 5.41) is 0. The molecule has 0 bridgehead atoms. The van der Waals surface area contributed by atoms with Crippen LogP contribution in [0.1, 0.15) is 0 Å². The summed E-state index contributed by atoms with van der Waals surface area (Å²) in [6.07, 6.45) is -5.97. The van der Waals surface area contributed by atoms with Crippen molar-refractivity contribution in [3.05, 3.63) is 25.3 Å². The van der Waals surface area contributed by atoms with Crippen LogP contribution in [0.5, 0.6) is 0 Å². The molecule has 2 saturated heterocycles. The van der Waals surface area contributed by atoms with Gasteiger partial charge in [0.15, 0.2) is 13.2 Å². The lowest BCUT2D eigenvalue weighted by Crippen LogP contribution is -2.11. The van der Waals surface area contributed by atoms with Gasteiger partial charge in [-0.2, -0.15) is 17.6 Å². The first kappa shape index (κ1) is 34.9. The lowest BCUT2D eigenvalue weighted by Gasteiger charge is -1.99. The fraction of sp³-hybridized carbons (Fsp3) is 0.571. The Kier molecular flexibility index (Phi) is 30.7. The van der Waals surface area contributed by atoms with E-state index in [1.54, 1.807) is 0 Å². The van der Waals surface area contributed by atoms with E-state index >= 15 is 0 Å². The van der Waals surface area contributed by atoms with Crippen LogP contribution in [0.2, 0.25) is 0 Å². The van der Waals surface area contributed by atoms with Gasteiger partial charge in [0.1, 0.15) is 0 Å². The summed E-state index contributed by atoms with van der Waals surface area (Å²) in [4.78, 5) is 20.2. The topological polar surface area (TPSA) is 89.5 Å². The van der Waals surface area contributed by atoms with Crippen LogP contribution in [0.15, 0.2) is 25.3 Å². The Balaban J connectivity index is -0.000000144. The molecular weight excluding hydrogens is 448 g/mol. The molecule has 0 spiro atoms. The van der Waals surface area contributed by atoms with Crippen molar-refractivity contribution in [3.8, 4) is 0 Å². The van der Waals surface area contributed by atoms with Crippen molar-refractivity contribution in [1.82, 2.24) is 0 Å². The van der Waals surface area contributed by atoms with E-state index in [0.29, 0.717) is 0 Å². The predicted octanol–water partition coefficient (Wildman–Crippen LogP) is 4.81. The molecule has 0 aromatic heterocycles. The number of hydrogen-bond acceptors (Lipinski definition) is 8. The summed E-state index contributed by atoms with van der Waals surface area (Å²) in [5.74, 6) is 0. The average molecular weight is 468 g/mol. The smallest absolute Gasteiger partial charge is 0.428 e. The molecule has 2 unspecified atom stereocenters. The van der Waals surface area contributed by atoms with Gasteiger partial charge in [0.2, 0.25) is 26.4 Å². The van der Waals surface area contributed by atoms with E-state index in [2.05, 4.69) is 41.6 Å². The third-order valence-electron chi connectivity index (χ3n) is 1.66. The maximum atomic E-state index is 10.1. The normalized spacial score (nSPS) is 17.4. The molecule has 2 fully saturated rings. The van der Waals surface area contributed by atoms with E-state index < -0.39 is 50.9 Å². The minimum atomic E-state index is -1.83. The van der Waals surface area contributed by atoms with Gasteiger partial charge in [-0.15, -0.1) is 0 Å². The maximum Gasteiger partial charge on any atom is 0.510 e. The van der Waals surface area contributed by atoms with Crippen molar-refractivity contribution in [1.29, 1.82) is 0 Å². The van der Waals surface area contributed by atoms with Gasteiger partial charge in [0.05, 0.1) is 0 Å². The van der Waals surface area contributed by atoms with E-state index in [0.717, 1.165) is 0 Å². The van der Waals surface area contributed by atoms with Crippen LogP contribution >= 0.6 is 0 Å². The van der Waals surface area contributed by atoms with E-state index in [-0.39, 0.29) is 13.2 Å². The van der Waals surface area contributed by atoms with Gasteiger partial charge < -0.3 is 28.4 Å². The van der Waals surface area contributed by atoms with Crippen LogP contribution in [0, 0.1) is 0 Å². The number of methoxy groups -OCH3 is 2. The zero-order valence-corrected chi connectivity index (χ0v) is 15.7. The fourth-order valence-corrected chi connectivity index (χ4v) is 0.855. The molecule has 0 amide bonds. The standard InChI is InChI=1S/2C4H6O4.2C2H2F2.2CH2F2/c2*1-6-3-2-7-4(5)8-3;2*1-2(3)4;2*2-1-3/h2*3H,2H2,1H3;2*1H2;2*1H2. The Morgan fingerprint density at radius 3 is 1.07 bits per heavy atom. The lowest BCUT2D eigenvalue weighted by molar-refractivity contribution is -0.0509. The predicted molar refractivity (Wildman–Crippen MR) is 83.3 cm³/mol. The molecule has 0 aliphatic carbocycles. The largest absolute Gasteiger partial charge is 0.510 e. The first-order chi connectivity index (χ1) is 13.9. The summed E-state index contributed by atoms with van der Waals surface area (Å²) in [5.41, 5.74) is 0. The van der Waals surface area contributed by atoms with Gasteiger partial charge in [-0.1, -0.05) is 0 Å². The van der Waals surface area contributed by atoms with Gasteiger partial charge in [-0.05, 0) is 13.2 Å². The summed E-state index contributed by atoms with van der Waals surface area (Å²) < 4.78 is 106. The van der Waals surface area contributed by atoms with Gasteiger partial charge in [0, 0.05) is 14.2 Å². The summed E-state index contributed by atoms with van der Waals surface area (Å²) >= 11 is 0. The maximum absolute atomic E-state index is 10.1. The second kappa shape index (κ2) is 26.4. The fourth-order valence-electron chi connectivity index (χ4n) is 0.855. The summed E-state index contributed by atoms with van der Waals surface area (Å²) in [6, 6.07) is 0. The molecular formula is C14H20F8O8. The Bertz CT molecular complexity index is 408. The van der Waals surface area contributed by atoms with Crippen LogP contribution in [-0.4, -0.2) is 66.2 Å². The quantitative estimate of drug-likeness (QED) is 0.422. The molecule has 0 saturated carbocycles. The average Bonchev–Trinajstić information content (AvgIpc) is 3.24. The number of halogens is 8. The molecule has 16 heteroatoms.